The maximum Gasteiger partial charge on any atom is 0.331 e. The number of aliphatic carboxylic acids is 1. The van der Waals surface area contributed by atoms with E-state index in [4.69, 9.17) is 0 Å². The van der Waals surface area contributed by atoms with E-state index in [1.807, 2.05) is 0 Å². The van der Waals surface area contributed by atoms with Gasteiger partial charge in [-0.1, -0.05) is 11.8 Å². The molecule has 2 fully saturated rings. The van der Waals surface area contributed by atoms with Gasteiger partial charge in [0, 0.05) is 12.0 Å². The monoisotopic (exact) mass is 343 g/mol. The van der Waals surface area contributed by atoms with Crippen molar-refractivity contribution < 1.29 is 19.8 Å². The Balaban J connectivity index is 1.84. The van der Waals surface area contributed by atoms with Gasteiger partial charge in [0.1, 0.15) is 0 Å². The van der Waals surface area contributed by atoms with Crippen LogP contribution in [0, 0.1) is 5.92 Å². The van der Waals surface area contributed by atoms with Crippen LogP contribution in [-0.2, 0) is 16.6 Å². The van der Waals surface area contributed by atoms with Crippen LogP contribution < -0.4 is 0 Å². The molecule has 2 aliphatic heterocycles. The maximum atomic E-state index is 12.1. The van der Waals surface area contributed by atoms with E-state index in [1.165, 1.54) is 40.0 Å². The van der Waals surface area contributed by atoms with Crippen molar-refractivity contribution >= 4 is 35.4 Å². The summed E-state index contributed by atoms with van der Waals surface area (Å²) in [5.41, 5.74) is 0. The zero-order chi connectivity index (χ0) is 16.0. The summed E-state index contributed by atoms with van der Waals surface area (Å²) in [5.74, 6) is -1.97. The standard InChI is InChI=1S/C11H13N5O4S2/c1-4(17)6-8(18)16-7(10(19)20)5(22-9(6)16)3-21-11-12-13-14-15(11)2/h3-4,6-7,9,17H,1-2H3,(H,19,20)/t4-,6+,7?,9?/m0/s1. The zero-order valence-electron chi connectivity index (χ0n) is 11.7. The van der Waals surface area contributed by atoms with Crippen molar-refractivity contribution in [1.82, 2.24) is 25.1 Å². The van der Waals surface area contributed by atoms with Crippen molar-refractivity contribution in [2.24, 2.45) is 13.0 Å². The van der Waals surface area contributed by atoms with Gasteiger partial charge in [0.15, 0.2) is 6.04 Å². The Morgan fingerprint density at radius 2 is 2.27 bits per heavy atom. The molecule has 1 aromatic heterocycles. The summed E-state index contributed by atoms with van der Waals surface area (Å²) in [5, 5.41) is 31.9. The van der Waals surface area contributed by atoms with Gasteiger partial charge in [0.2, 0.25) is 11.1 Å². The van der Waals surface area contributed by atoms with Gasteiger partial charge in [-0.05, 0) is 22.8 Å². The second-order valence-electron chi connectivity index (χ2n) is 4.98. The van der Waals surface area contributed by atoms with Crippen molar-refractivity contribution in [2.75, 3.05) is 0 Å². The minimum Gasteiger partial charge on any atom is -0.479 e. The number of aromatic nitrogens is 4. The third kappa shape index (κ3) is 2.29. The highest BCUT2D eigenvalue weighted by atomic mass is 32.2. The molecule has 11 heteroatoms. The number of fused-ring (bicyclic) bond motifs is 1. The highest BCUT2D eigenvalue weighted by Crippen LogP contribution is 2.51. The number of aryl methyl sites for hydroxylation is 1. The average Bonchev–Trinajstić information content (AvgIpc) is 2.97. The van der Waals surface area contributed by atoms with Crippen molar-refractivity contribution in [3.05, 3.63) is 10.3 Å². The lowest BCUT2D eigenvalue weighted by molar-refractivity contribution is -0.165. The van der Waals surface area contributed by atoms with E-state index in [0.717, 1.165) is 0 Å². The second kappa shape index (κ2) is 5.56. The Hall–Kier alpha value is -1.59. The molecule has 0 aromatic carbocycles. The number of hydrogen-bond donors (Lipinski definition) is 2. The molecule has 3 rings (SSSR count). The largest absolute Gasteiger partial charge is 0.479 e. The summed E-state index contributed by atoms with van der Waals surface area (Å²) in [6.07, 6.45) is -0.800. The van der Waals surface area contributed by atoms with Crippen LogP contribution in [0.2, 0.25) is 0 Å². The lowest BCUT2D eigenvalue weighted by Crippen LogP contribution is -2.63. The molecule has 0 radical (unpaired) electrons. The number of β-lactam (4-membered cyclic amide) rings is 1. The number of carboxylic acid groups (broad SMARTS) is 1. The van der Waals surface area contributed by atoms with Crippen LogP contribution in [-0.4, -0.2) is 64.7 Å². The van der Waals surface area contributed by atoms with Crippen LogP contribution in [0.1, 0.15) is 6.92 Å². The third-order valence-electron chi connectivity index (χ3n) is 3.54. The molecule has 118 valence electrons. The minimum absolute atomic E-state index is 0.325. The summed E-state index contributed by atoms with van der Waals surface area (Å²) in [4.78, 5) is 25.4. The predicted octanol–water partition coefficient (Wildman–Crippen LogP) is -0.491. The van der Waals surface area contributed by atoms with Gasteiger partial charge in [0.05, 0.1) is 17.4 Å². The Morgan fingerprint density at radius 3 is 2.82 bits per heavy atom. The molecule has 2 unspecified atom stereocenters. The van der Waals surface area contributed by atoms with Gasteiger partial charge in [-0.25, -0.2) is 9.48 Å². The first kappa shape index (κ1) is 15.3. The molecule has 2 saturated heterocycles. The summed E-state index contributed by atoms with van der Waals surface area (Å²) < 4.78 is 1.47. The number of carbonyl (C=O) groups excluding carboxylic acids is 1. The van der Waals surface area contributed by atoms with Gasteiger partial charge in [-0.3, -0.25) is 4.79 Å². The number of tetrazole rings is 1. The fourth-order valence-corrected chi connectivity index (χ4v) is 4.91. The molecule has 0 spiro atoms. The number of hydrogen-bond acceptors (Lipinski definition) is 8. The van der Waals surface area contributed by atoms with Crippen LogP contribution >= 0.6 is 23.5 Å². The van der Waals surface area contributed by atoms with Crippen LogP contribution in [0.4, 0.5) is 0 Å². The van der Waals surface area contributed by atoms with Gasteiger partial charge >= 0.3 is 5.97 Å². The Labute approximate surface area is 133 Å². The van der Waals surface area contributed by atoms with Crippen molar-refractivity contribution in [1.29, 1.82) is 0 Å². The van der Waals surface area contributed by atoms with Gasteiger partial charge < -0.3 is 15.1 Å². The number of thioether (sulfide) groups is 2. The van der Waals surface area contributed by atoms with E-state index >= 15 is 0 Å². The molecule has 0 saturated carbocycles. The fraction of sp³-hybridized carbons (Fsp3) is 0.545. The van der Waals surface area contributed by atoms with Gasteiger partial charge in [-0.2, -0.15) is 0 Å². The first-order chi connectivity index (χ1) is 10.4. The first-order valence-corrected chi connectivity index (χ1v) is 8.16. The lowest BCUT2D eigenvalue weighted by Gasteiger charge is -2.44. The number of amides is 1. The van der Waals surface area contributed by atoms with Gasteiger partial charge in [-0.15, -0.1) is 16.9 Å². The Morgan fingerprint density at radius 1 is 1.55 bits per heavy atom. The minimum atomic E-state index is -1.09. The maximum absolute atomic E-state index is 12.1. The van der Waals surface area contributed by atoms with Crippen molar-refractivity contribution in [3.63, 3.8) is 0 Å². The van der Waals surface area contributed by atoms with Crippen LogP contribution in [0.5, 0.6) is 0 Å². The fourth-order valence-electron chi connectivity index (χ4n) is 2.46. The number of carboxylic acids is 1. The van der Waals surface area contributed by atoms with Crippen molar-refractivity contribution in [2.45, 2.75) is 29.6 Å². The normalized spacial score (nSPS) is 30.3. The zero-order valence-corrected chi connectivity index (χ0v) is 13.3. The number of nitrogens with zero attached hydrogens (tertiary/aromatic N) is 5. The molecule has 2 N–H and O–H groups in total. The molecule has 9 nitrogen and oxygen atoms in total. The van der Waals surface area contributed by atoms with E-state index in [-0.39, 0.29) is 11.3 Å². The molecular formula is C11H13N5O4S2. The lowest BCUT2D eigenvalue weighted by atomic mass is 9.91. The molecule has 4 atom stereocenters. The first-order valence-electron chi connectivity index (χ1n) is 6.40. The topological polar surface area (TPSA) is 121 Å². The highest BCUT2D eigenvalue weighted by molar-refractivity contribution is 8.06. The average molecular weight is 343 g/mol. The molecule has 1 amide bonds. The number of rotatable bonds is 4. The molecule has 1 aromatic rings. The molecule has 3 heterocycles. The van der Waals surface area contributed by atoms with Crippen LogP contribution in [0.3, 0.4) is 0 Å². The molecule has 22 heavy (non-hydrogen) atoms. The molecule has 2 aliphatic rings. The smallest absolute Gasteiger partial charge is 0.331 e. The van der Waals surface area contributed by atoms with Crippen LogP contribution in [0.15, 0.2) is 15.5 Å². The summed E-state index contributed by atoms with van der Waals surface area (Å²) in [6.45, 7) is 1.54. The number of carbonyl (C=O) groups is 2. The van der Waals surface area contributed by atoms with E-state index in [9.17, 15) is 19.8 Å². The Kier molecular flexibility index (Phi) is 3.87. The molecular weight excluding hydrogens is 330 g/mol. The highest BCUT2D eigenvalue weighted by Gasteiger charge is 2.60. The third-order valence-corrected chi connectivity index (χ3v) is 5.99. The van der Waals surface area contributed by atoms with E-state index in [2.05, 4.69) is 15.5 Å². The quantitative estimate of drug-likeness (QED) is 0.551. The molecule has 0 bridgehead atoms. The van der Waals surface area contributed by atoms with E-state index < -0.39 is 24.0 Å². The van der Waals surface area contributed by atoms with Crippen LogP contribution in [0.25, 0.3) is 0 Å². The molecule has 0 aliphatic carbocycles. The Bertz CT molecular complexity index is 661. The van der Waals surface area contributed by atoms with Gasteiger partial charge in [0.25, 0.3) is 0 Å². The number of aliphatic hydroxyl groups excluding tert-OH is 1. The van der Waals surface area contributed by atoms with E-state index in [0.29, 0.717) is 10.1 Å². The summed E-state index contributed by atoms with van der Waals surface area (Å²) >= 11 is 2.49. The predicted molar refractivity (Wildman–Crippen MR) is 77.6 cm³/mol. The summed E-state index contributed by atoms with van der Waals surface area (Å²) in [6, 6.07) is -1.01. The number of aliphatic hydroxyl groups is 1. The van der Waals surface area contributed by atoms with Crippen molar-refractivity contribution in [3.8, 4) is 0 Å². The SMILES string of the molecule is C[C@H](O)[C@@H]1C(=O)N2C(C(=O)O)C(=CSc3nnnn3C)SC12. The van der Waals surface area contributed by atoms with E-state index in [1.54, 1.807) is 12.5 Å². The summed E-state index contributed by atoms with van der Waals surface area (Å²) in [7, 11) is 1.68. The second-order valence-corrected chi connectivity index (χ2v) is 7.01.